The number of nitrogens with one attached hydrogen (secondary N) is 1. The summed E-state index contributed by atoms with van der Waals surface area (Å²) in [5, 5.41) is 3.70. The van der Waals surface area contributed by atoms with E-state index in [0.29, 0.717) is 0 Å². The van der Waals surface area contributed by atoms with Gasteiger partial charge in [-0.2, -0.15) is 0 Å². The molecule has 0 spiro atoms. The van der Waals surface area contributed by atoms with Crippen molar-refractivity contribution in [2.45, 2.75) is 51.6 Å². The second-order valence-corrected chi connectivity index (χ2v) is 6.60. The number of hydrogen-bond acceptors (Lipinski definition) is 2. The molecule has 1 saturated heterocycles. The van der Waals surface area contributed by atoms with E-state index in [2.05, 4.69) is 41.4 Å². The third-order valence-electron chi connectivity index (χ3n) is 4.71. The molecule has 1 aliphatic heterocycles. The van der Waals surface area contributed by atoms with Crippen molar-refractivity contribution in [1.82, 2.24) is 10.2 Å². The van der Waals surface area contributed by atoms with Crippen molar-refractivity contribution in [3.8, 4) is 0 Å². The van der Waals surface area contributed by atoms with Gasteiger partial charge in [0.05, 0.1) is 0 Å². The summed E-state index contributed by atoms with van der Waals surface area (Å²) >= 11 is 0. The van der Waals surface area contributed by atoms with Gasteiger partial charge in [-0.05, 0) is 62.2 Å². The highest BCUT2D eigenvalue weighted by Crippen LogP contribution is 2.22. The first-order valence-corrected chi connectivity index (χ1v) is 8.37. The normalized spacial score (nSPS) is 23.9. The number of likely N-dealkylation sites (tertiary alicyclic amines) is 1. The van der Waals surface area contributed by atoms with Gasteiger partial charge in [0.25, 0.3) is 0 Å². The lowest BCUT2D eigenvalue weighted by molar-refractivity contribution is 0.165. The Hall–Kier alpha value is -0.860. The van der Waals surface area contributed by atoms with E-state index in [1.54, 1.807) is 0 Å². The minimum Gasteiger partial charge on any atom is -0.314 e. The third kappa shape index (κ3) is 4.07. The molecule has 1 aromatic carbocycles. The first-order chi connectivity index (χ1) is 9.83. The van der Waals surface area contributed by atoms with Crippen molar-refractivity contribution in [3.05, 3.63) is 35.4 Å². The van der Waals surface area contributed by atoms with Gasteiger partial charge in [-0.15, -0.1) is 0 Å². The zero-order chi connectivity index (χ0) is 13.8. The lowest BCUT2D eigenvalue weighted by Gasteiger charge is -2.33. The Morgan fingerprint density at radius 2 is 1.85 bits per heavy atom. The molecule has 1 atom stereocenters. The van der Waals surface area contributed by atoms with E-state index in [9.17, 15) is 0 Å². The topological polar surface area (TPSA) is 15.3 Å². The van der Waals surface area contributed by atoms with E-state index < -0.39 is 0 Å². The molecule has 1 unspecified atom stereocenters. The molecule has 2 heteroatoms. The standard InChI is InChI=1S/C18H28N2/c1-2-15-5-7-16(8-6-15)13-20-11-3-4-17(14-20)12-19-18-9-10-18/h5-8,17-19H,2-4,9-14H2,1H3. The molecule has 0 aromatic heterocycles. The summed E-state index contributed by atoms with van der Waals surface area (Å²) in [6.45, 7) is 7.13. The molecular weight excluding hydrogens is 244 g/mol. The SMILES string of the molecule is CCc1ccc(CN2CCCC(CNC3CC3)C2)cc1. The fourth-order valence-electron chi connectivity index (χ4n) is 3.22. The van der Waals surface area contributed by atoms with Crippen LogP contribution in [-0.4, -0.2) is 30.6 Å². The Morgan fingerprint density at radius 3 is 2.55 bits per heavy atom. The molecule has 110 valence electrons. The largest absolute Gasteiger partial charge is 0.314 e. The highest BCUT2D eigenvalue weighted by atomic mass is 15.1. The minimum atomic E-state index is 0.854. The monoisotopic (exact) mass is 272 g/mol. The Balaban J connectivity index is 1.47. The minimum absolute atomic E-state index is 0.854. The van der Waals surface area contributed by atoms with Crippen LogP contribution >= 0.6 is 0 Å². The van der Waals surface area contributed by atoms with Crippen LogP contribution in [0.2, 0.25) is 0 Å². The summed E-state index contributed by atoms with van der Waals surface area (Å²) < 4.78 is 0. The van der Waals surface area contributed by atoms with Gasteiger partial charge < -0.3 is 5.32 Å². The summed E-state index contributed by atoms with van der Waals surface area (Å²) in [6.07, 6.45) is 6.72. The van der Waals surface area contributed by atoms with E-state index in [1.165, 1.54) is 56.4 Å². The molecule has 3 rings (SSSR count). The highest BCUT2D eigenvalue weighted by Gasteiger charge is 2.24. The Morgan fingerprint density at radius 1 is 1.10 bits per heavy atom. The van der Waals surface area contributed by atoms with Crippen molar-refractivity contribution in [2.24, 2.45) is 5.92 Å². The van der Waals surface area contributed by atoms with E-state index in [4.69, 9.17) is 0 Å². The van der Waals surface area contributed by atoms with Crippen LogP contribution in [0, 0.1) is 5.92 Å². The Labute approximate surface area is 123 Å². The number of hydrogen-bond donors (Lipinski definition) is 1. The van der Waals surface area contributed by atoms with Crippen molar-refractivity contribution in [3.63, 3.8) is 0 Å². The first-order valence-electron chi connectivity index (χ1n) is 8.37. The molecule has 1 saturated carbocycles. The summed E-state index contributed by atoms with van der Waals surface area (Å²) in [5.41, 5.74) is 2.91. The van der Waals surface area contributed by atoms with Gasteiger partial charge in [0.15, 0.2) is 0 Å². The third-order valence-corrected chi connectivity index (χ3v) is 4.71. The average Bonchev–Trinajstić information content (AvgIpc) is 3.31. The molecule has 1 aromatic rings. The van der Waals surface area contributed by atoms with E-state index in [1.807, 2.05) is 0 Å². The Kier molecular flexibility index (Phi) is 4.74. The molecule has 1 aliphatic carbocycles. The van der Waals surface area contributed by atoms with E-state index in [0.717, 1.165) is 24.9 Å². The van der Waals surface area contributed by atoms with Crippen molar-refractivity contribution >= 4 is 0 Å². The molecule has 0 amide bonds. The van der Waals surface area contributed by atoms with Crippen LogP contribution in [0.1, 0.15) is 43.7 Å². The lowest BCUT2D eigenvalue weighted by Crippen LogP contribution is -2.39. The van der Waals surface area contributed by atoms with Crippen LogP contribution < -0.4 is 5.32 Å². The van der Waals surface area contributed by atoms with Gasteiger partial charge >= 0.3 is 0 Å². The predicted octanol–water partition coefficient (Wildman–Crippen LogP) is 3.21. The van der Waals surface area contributed by atoms with Crippen molar-refractivity contribution < 1.29 is 0 Å². The Bertz CT molecular complexity index is 408. The molecule has 2 nitrogen and oxygen atoms in total. The van der Waals surface area contributed by atoms with Gasteiger partial charge in [0.1, 0.15) is 0 Å². The van der Waals surface area contributed by atoms with Crippen LogP contribution in [0.3, 0.4) is 0 Å². The van der Waals surface area contributed by atoms with Crippen LogP contribution in [0.4, 0.5) is 0 Å². The quantitative estimate of drug-likeness (QED) is 0.855. The maximum absolute atomic E-state index is 3.70. The zero-order valence-electron chi connectivity index (χ0n) is 12.8. The molecule has 20 heavy (non-hydrogen) atoms. The lowest BCUT2D eigenvalue weighted by atomic mass is 9.97. The second-order valence-electron chi connectivity index (χ2n) is 6.60. The van der Waals surface area contributed by atoms with E-state index in [-0.39, 0.29) is 0 Å². The maximum Gasteiger partial charge on any atom is 0.0233 e. The molecule has 0 radical (unpaired) electrons. The summed E-state index contributed by atoms with van der Waals surface area (Å²) in [4.78, 5) is 2.64. The molecule has 1 N–H and O–H groups in total. The van der Waals surface area contributed by atoms with Gasteiger partial charge in [0.2, 0.25) is 0 Å². The molecule has 2 fully saturated rings. The van der Waals surface area contributed by atoms with Crippen molar-refractivity contribution in [2.75, 3.05) is 19.6 Å². The predicted molar refractivity (Wildman–Crippen MR) is 84.8 cm³/mol. The van der Waals surface area contributed by atoms with Crippen LogP contribution in [0.5, 0.6) is 0 Å². The summed E-state index contributed by atoms with van der Waals surface area (Å²) in [5.74, 6) is 0.860. The van der Waals surface area contributed by atoms with Crippen molar-refractivity contribution in [1.29, 1.82) is 0 Å². The number of nitrogens with zero attached hydrogens (tertiary/aromatic N) is 1. The molecule has 1 heterocycles. The van der Waals surface area contributed by atoms with Gasteiger partial charge in [0, 0.05) is 19.1 Å². The maximum atomic E-state index is 3.70. The smallest absolute Gasteiger partial charge is 0.0233 e. The van der Waals surface area contributed by atoms with E-state index >= 15 is 0 Å². The van der Waals surface area contributed by atoms with Crippen LogP contribution in [0.15, 0.2) is 24.3 Å². The molecule has 2 aliphatic rings. The molecular formula is C18H28N2. The second kappa shape index (κ2) is 6.73. The van der Waals surface area contributed by atoms with Crippen LogP contribution in [0.25, 0.3) is 0 Å². The molecule has 0 bridgehead atoms. The van der Waals surface area contributed by atoms with Gasteiger partial charge in [-0.1, -0.05) is 31.2 Å². The number of benzene rings is 1. The fourth-order valence-corrected chi connectivity index (χ4v) is 3.22. The van der Waals surface area contributed by atoms with Gasteiger partial charge in [-0.25, -0.2) is 0 Å². The first kappa shape index (κ1) is 14.1. The van der Waals surface area contributed by atoms with Gasteiger partial charge in [-0.3, -0.25) is 4.90 Å². The highest BCUT2D eigenvalue weighted by molar-refractivity contribution is 5.22. The average molecular weight is 272 g/mol. The number of rotatable bonds is 6. The summed E-state index contributed by atoms with van der Waals surface area (Å²) in [7, 11) is 0. The number of piperidine rings is 1. The fraction of sp³-hybridized carbons (Fsp3) is 0.667. The van der Waals surface area contributed by atoms with Crippen LogP contribution in [-0.2, 0) is 13.0 Å². The zero-order valence-corrected chi connectivity index (χ0v) is 12.8. The number of aryl methyl sites for hydroxylation is 1. The summed E-state index contributed by atoms with van der Waals surface area (Å²) in [6, 6.07) is 10.0.